The number of carbonyl (C=O) groups excluding carboxylic acids is 2. The highest BCUT2D eigenvalue weighted by atomic mass is 16.5. The standard InChI is InChI=1S/C15H28N2O3/c1-5-6-11-20-14(19)16-12-7-9-17(10-8-12)13(18)15(2,3)4/h12H,5-11H2,1-4H3,(H,16,19). The highest BCUT2D eigenvalue weighted by molar-refractivity contribution is 5.81. The Balaban J connectivity index is 2.28. The van der Waals surface area contributed by atoms with Crippen LogP contribution in [0.1, 0.15) is 53.4 Å². The number of piperidine rings is 1. The zero-order chi connectivity index (χ0) is 15.2. The van der Waals surface area contributed by atoms with Crippen LogP contribution < -0.4 is 5.32 Å². The van der Waals surface area contributed by atoms with E-state index in [-0.39, 0.29) is 23.5 Å². The van der Waals surface area contributed by atoms with E-state index in [0.717, 1.165) is 25.7 Å². The number of nitrogens with zero attached hydrogens (tertiary/aromatic N) is 1. The van der Waals surface area contributed by atoms with Crippen molar-refractivity contribution in [1.29, 1.82) is 0 Å². The number of nitrogens with one attached hydrogen (secondary N) is 1. The summed E-state index contributed by atoms with van der Waals surface area (Å²) in [6.07, 6.45) is 3.17. The van der Waals surface area contributed by atoms with E-state index in [1.165, 1.54) is 0 Å². The Morgan fingerprint density at radius 2 is 1.85 bits per heavy atom. The summed E-state index contributed by atoms with van der Waals surface area (Å²) in [5.74, 6) is 0.182. The highest BCUT2D eigenvalue weighted by Crippen LogP contribution is 2.20. The van der Waals surface area contributed by atoms with E-state index in [0.29, 0.717) is 19.7 Å². The van der Waals surface area contributed by atoms with Crippen molar-refractivity contribution in [2.24, 2.45) is 5.41 Å². The van der Waals surface area contributed by atoms with Gasteiger partial charge in [-0.25, -0.2) is 4.79 Å². The summed E-state index contributed by atoms with van der Waals surface area (Å²) in [7, 11) is 0. The maximum atomic E-state index is 12.1. The van der Waals surface area contributed by atoms with Gasteiger partial charge in [-0.3, -0.25) is 4.79 Å². The van der Waals surface area contributed by atoms with Crippen LogP contribution in [0.25, 0.3) is 0 Å². The number of carbonyl (C=O) groups is 2. The van der Waals surface area contributed by atoms with Crippen LogP contribution in [-0.2, 0) is 9.53 Å². The average molecular weight is 284 g/mol. The molecule has 1 aliphatic rings. The van der Waals surface area contributed by atoms with E-state index < -0.39 is 0 Å². The van der Waals surface area contributed by atoms with Crippen molar-refractivity contribution in [2.75, 3.05) is 19.7 Å². The molecular weight excluding hydrogens is 256 g/mol. The van der Waals surface area contributed by atoms with Crippen LogP contribution in [0.4, 0.5) is 4.79 Å². The van der Waals surface area contributed by atoms with Crippen molar-refractivity contribution in [3.05, 3.63) is 0 Å². The van der Waals surface area contributed by atoms with E-state index in [1.807, 2.05) is 25.7 Å². The quantitative estimate of drug-likeness (QED) is 0.807. The number of hydrogen-bond acceptors (Lipinski definition) is 3. The molecule has 1 rings (SSSR count). The van der Waals surface area contributed by atoms with E-state index in [1.54, 1.807) is 0 Å². The van der Waals surface area contributed by atoms with Gasteiger partial charge in [-0.2, -0.15) is 0 Å². The van der Waals surface area contributed by atoms with E-state index >= 15 is 0 Å². The van der Waals surface area contributed by atoms with Crippen LogP contribution in [-0.4, -0.2) is 42.6 Å². The van der Waals surface area contributed by atoms with Crippen molar-refractivity contribution in [2.45, 2.75) is 59.4 Å². The molecule has 116 valence electrons. The zero-order valence-corrected chi connectivity index (χ0v) is 13.2. The first-order valence-electron chi connectivity index (χ1n) is 7.57. The summed E-state index contributed by atoms with van der Waals surface area (Å²) >= 11 is 0. The van der Waals surface area contributed by atoms with Gasteiger partial charge >= 0.3 is 6.09 Å². The Bertz CT molecular complexity index is 329. The molecule has 2 amide bonds. The van der Waals surface area contributed by atoms with Crippen molar-refractivity contribution in [3.63, 3.8) is 0 Å². The van der Waals surface area contributed by atoms with E-state index in [2.05, 4.69) is 12.2 Å². The minimum atomic E-state index is -0.334. The van der Waals surface area contributed by atoms with Gasteiger partial charge in [0.25, 0.3) is 0 Å². The van der Waals surface area contributed by atoms with E-state index in [9.17, 15) is 9.59 Å². The van der Waals surface area contributed by atoms with Crippen LogP contribution in [0.5, 0.6) is 0 Å². The molecule has 1 heterocycles. The monoisotopic (exact) mass is 284 g/mol. The molecule has 1 N–H and O–H groups in total. The Labute approximate surface area is 122 Å². The number of alkyl carbamates (subject to hydrolysis) is 1. The summed E-state index contributed by atoms with van der Waals surface area (Å²) in [4.78, 5) is 25.6. The molecule has 0 atom stereocenters. The minimum Gasteiger partial charge on any atom is -0.450 e. The predicted octanol–water partition coefficient (Wildman–Crippen LogP) is 2.55. The molecule has 0 aromatic carbocycles. The maximum absolute atomic E-state index is 12.1. The molecule has 20 heavy (non-hydrogen) atoms. The summed E-state index contributed by atoms with van der Waals surface area (Å²) in [5.41, 5.74) is -0.334. The lowest BCUT2D eigenvalue weighted by Crippen LogP contribution is -2.49. The molecule has 0 saturated carbocycles. The van der Waals surface area contributed by atoms with Gasteiger partial charge in [0, 0.05) is 24.5 Å². The van der Waals surface area contributed by atoms with Gasteiger partial charge in [-0.1, -0.05) is 34.1 Å². The maximum Gasteiger partial charge on any atom is 0.407 e. The minimum absolute atomic E-state index is 0.119. The van der Waals surface area contributed by atoms with Gasteiger partial charge in [0.2, 0.25) is 5.91 Å². The van der Waals surface area contributed by atoms with Gasteiger partial charge < -0.3 is 15.0 Å². The molecule has 0 bridgehead atoms. The third-order valence-corrected chi connectivity index (χ3v) is 3.48. The van der Waals surface area contributed by atoms with Gasteiger partial charge in [0.05, 0.1) is 6.61 Å². The number of unbranched alkanes of at least 4 members (excludes halogenated alkanes) is 1. The highest BCUT2D eigenvalue weighted by Gasteiger charge is 2.30. The van der Waals surface area contributed by atoms with Crippen LogP contribution >= 0.6 is 0 Å². The molecule has 0 unspecified atom stereocenters. The lowest BCUT2D eigenvalue weighted by molar-refractivity contribution is -0.140. The SMILES string of the molecule is CCCCOC(=O)NC1CCN(C(=O)C(C)(C)C)CC1. The number of likely N-dealkylation sites (tertiary alicyclic amines) is 1. The lowest BCUT2D eigenvalue weighted by Gasteiger charge is -2.35. The van der Waals surface area contributed by atoms with Gasteiger partial charge in [-0.05, 0) is 19.3 Å². The number of amides is 2. The first-order chi connectivity index (χ1) is 9.34. The Hall–Kier alpha value is -1.26. The molecular formula is C15H28N2O3. The van der Waals surface area contributed by atoms with E-state index in [4.69, 9.17) is 4.74 Å². The number of rotatable bonds is 4. The van der Waals surface area contributed by atoms with Gasteiger partial charge in [0.1, 0.15) is 0 Å². The third kappa shape index (κ3) is 5.39. The molecule has 0 aromatic heterocycles. The first-order valence-corrected chi connectivity index (χ1v) is 7.57. The fraction of sp³-hybridized carbons (Fsp3) is 0.867. The third-order valence-electron chi connectivity index (χ3n) is 3.48. The molecule has 0 aliphatic carbocycles. The van der Waals surface area contributed by atoms with Crippen LogP contribution in [0.3, 0.4) is 0 Å². The summed E-state index contributed by atoms with van der Waals surface area (Å²) < 4.78 is 5.08. The zero-order valence-electron chi connectivity index (χ0n) is 13.2. The molecule has 0 aromatic rings. The van der Waals surface area contributed by atoms with Crippen LogP contribution in [0, 0.1) is 5.41 Å². The van der Waals surface area contributed by atoms with Crippen molar-refractivity contribution < 1.29 is 14.3 Å². The van der Waals surface area contributed by atoms with Gasteiger partial charge in [-0.15, -0.1) is 0 Å². The Kier molecular flexibility index (Phi) is 6.30. The lowest BCUT2D eigenvalue weighted by atomic mass is 9.93. The fourth-order valence-electron chi connectivity index (χ4n) is 2.22. The summed E-state index contributed by atoms with van der Waals surface area (Å²) in [6.45, 7) is 9.75. The number of hydrogen-bond donors (Lipinski definition) is 1. The predicted molar refractivity (Wildman–Crippen MR) is 78.4 cm³/mol. The van der Waals surface area contributed by atoms with Crippen molar-refractivity contribution in [1.82, 2.24) is 10.2 Å². The Morgan fingerprint density at radius 3 is 2.35 bits per heavy atom. The van der Waals surface area contributed by atoms with Crippen molar-refractivity contribution >= 4 is 12.0 Å². The molecule has 5 heteroatoms. The van der Waals surface area contributed by atoms with Gasteiger partial charge in [0.15, 0.2) is 0 Å². The summed E-state index contributed by atoms with van der Waals surface area (Å²) in [5, 5.41) is 2.88. The second-order valence-corrected chi connectivity index (χ2v) is 6.45. The van der Waals surface area contributed by atoms with Crippen LogP contribution in [0.15, 0.2) is 0 Å². The Morgan fingerprint density at radius 1 is 1.25 bits per heavy atom. The normalized spacial score (nSPS) is 16.9. The first kappa shape index (κ1) is 16.8. The molecule has 1 fully saturated rings. The van der Waals surface area contributed by atoms with Crippen LogP contribution in [0.2, 0.25) is 0 Å². The molecule has 1 aliphatic heterocycles. The second kappa shape index (κ2) is 7.50. The molecule has 1 saturated heterocycles. The summed E-state index contributed by atoms with van der Waals surface area (Å²) in [6, 6.07) is 0.119. The smallest absolute Gasteiger partial charge is 0.407 e. The van der Waals surface area contributed by atoms with Crippen molar-refractivity contribution in [3.8, 4) is 0 Å². The number of ether oxygens (including phenoxy) is 1. The largest absolute Gasteiger partial charge is 0.450 e. The molecule has 0 radical (unpaired) electrons. The second-order valence-electron chi connectivity index (χ2n) is 6.45. The molecule has 5 nitrogen and oxygen atoms in total. The average Bonchev–Trinajstić information content (AvgIpc) is 2.38. The fourth-order valence-corrected chi connectivity index (χ4v) is 2.22. The molecule has 0 spiro atoms. The topological polar surface area (TPSA) is 58.6 Å².